The van der Waals surface area contributed by atoms with Gasteiger partial charge in [-0.25, -0.2) is 0 Å². The first-order valence-corrected chi connectivity index (χ1v) is 7.65. The van der Waals surface area contributed by atoms with Gasteiger partial charge in [-0.15, -0.1) is 0 Å². The zero-order valence-corrected chi connectivity index (χ0v) is 12.1. The van der Waals surface area contributed by atoms with E-state index >= 15 is 0 Å². The van der Waals surface area contributed by atoms with Crippen molar-refractivity contribution >= 4 is 17.5 Å². The molecular formula is C16H22ClNO. The molecule has 1 N–H and O–H groups in total. The quantitative estimate of drug-likeness (QED) is 0.826. The maximum atomic E-state index is 11.9. The third-order valence-corrected chi connectivity index (χ3v) is 3.99. The largest absolute Gasteiger partial charge is 0.353 e. The summed E-state index contributed by atoms with van der Waals surface area (Å²) < 4.78 is 0. The Morgan fingerprint density at radius 2 is 1.95 bits per heavy atom. The Morgan fingerprint density at radius 1 is 1.21 bits per heavy atom. The number of carbonyl (C=O) groups excluding carboxylic acids is 1. The molecule has 1 aromatic rings. The normalized spacial score (nSPS) is 16.9. The van der Waals surface area contributed by atoms with Gasteiger partial charge in [0.05, 0.1) is 0 Å². The number of carbonyl (C=O) groups is 1. The van der Waals surface area contributed by atoms with Crippen LogP contribution in [0.5, 0.6) is 0 Å². The predicted molar refractivity (Wildman–Crippen MR) is 79.4 cm³/mol. The lowest BCUT2D eigenvalue weighted by Gasteiger charge is -2.16. The second kappa shape index (κ2) is 7.54. The smallest absolute Gasteiger partial charge is 0.220 e. The summed E-state index contributed by atoms with van der Waals surface area (Å²) >= 11 is 5.93. The predicted octanol–water partition coefficient (Wildman–Crippen LogP) is 4.11. The first kappa shape index (κ1) is 14.4. The molecule has 1 amide bonds. The lowest BCUT2D eigenvalue weighted by molar-refractivity contribution is -0.121. The van der Waals surface area contributed by atoms with Crippen molar-refractivity contribution < 1.29 is 4.79 Å². The van der Waals surface area contributed by atoms with Crippen molar-refractivity contribution in [3.8, 4) is 0 Å². The van der Waals surface area contributed by atoms with Crippen molar-refractivity contribution in [1.29, 1.82) is 0 Å². The minimum atomic E-state index is 0.173. The number of halogens is 1. The summed E-state index contributed by atoms with van der Waals surface area (Å²) in [6.07, 6.45) is 8.73. The number of amides is 1. The van der Waals surface area contributed by atoms with Gasteiger partial charge >= 0.3 is 0 Å². The van der Waals surface area contributed by atoms with E-state index in [1.807, 2.05) is 24.3 Å². The Labute approximate surface area is 120 Å². The topological polar surface area (TPSA) is 29.1 Å². The summed E-state index contributed by atoms with van der Waals surface area (Å²) in [5, 5.41) is 3.91. The van der Waals surface area contributed by atoms with Crippen LogP contribution in [0.2, 0.25) is 5.02 Å². The number of aryl methyl sites for hydroxylation is 1. The van der Waals surface area contributed by atoms with E-state index < -0.39 is 0 Å². The Morgan fingerprint density at radius 3 is 2.63 bits per heavy atom. The fraction of sp³-hybridized carbons (Fsp3) is 0.562. The van der Waals surface area contributed by atoms with Crippen molar-refractivity contribution in [2.45, 2.75) is 57.4 Å². The molecule has 0 atom stereocenters. The fourth-order valence-corrected chi connectivity index (χ4v) is 2.89. The van der Waals surface area contributed by atoms with Crippen LogP contribution < -0.4 is 5.32 Å². The molecule has 3 heteroatoms. The number of hydrogen-bond donors (Lipinski definition) is 1. The van der Waals surface area contributed by atoms with E-state index in [1.165, 1.54) is 25.7 Å². The molecule has 0 saturated heterocycles. The lowest BCUT2D eigenvalue weighted by Crippen LogP contribution is -2.34. The molecular weight excluding hydrogens is 258 g/mol. The molecule has 0 bridgehead atoms. The van der Waals surface area contributed by atoms with Crippen LogP contribution in [0.15, 0.2) is 24.3 Å². The van der Waals surface area contributed by atoms with Crippen LogP contribution in [0, 0.1) is 0 Å². The summed E-state index contributed by atoms with van der Waals surface area (Å²) in [4.78, 5) is 11.9. The minimum absolute atomic E-state index is 0.173. The van der Waals surface area contributed by atoms with Gasteiger partial charge in [0.25, 0.3) is 0 Å². The summed E-state index contributed by atoms with van der Waals surface area (Å²) in [6, 6.07) is 8.14. The van der Waals surface area contributed by atoms with E-state index in [9.17, 15) is 4.79 Å². The molecule has 2 rings (SSSR count). The zero-order chi connectivity index (χ0) is 13.5. The van der Waals surface area contributed by atoms with Gasteiger partial charge in [0, 0.05) is 17.5 Å². The summed E-state index contributed by atoms with van der Waals surface area (Å²) in [5.74, 6) is 0.173. The number of nitrogens with one attached hydrogen (secondary N) is 1. The molecule has 0 unspecified atom stereocenters. The van der Waals surface area contributed by atoms with Crippen molar-refractivity contribution in [3.05, 3.63) is 34.9 Å². The molecule has 0 aromatic heterocycles. The van der Waals surface area contributed by atoms with Crippen molar-refractivity contribution in [2.24, 2.45) is 0 Å². The van der Waals surface area contributed by atoms with Crippen molar-refractivity contribution in [1.82, 2.24) is 5.32 Å². The molecule has 1 saturated carbocycles. The third-order valence-electron chi connectivity index (χ3n) is 3.75. The van der Waals surface area contributed by atoms with Crippen molar-refractivity contribution in [3.63, 3.8) is 0 Å². The highest BCUT2D eigenvalue weighted by Crippen LogP contribution is 2.17. The monoisotopic (exact) mass is 279 g/mol. The van der Waals surface area contributed by atoms with Crippen LogP contribution in [-0.2, 0) is 11.2 Å². The van der Waals surface area contributed by atoms with E-state index in [1.54, 1.807) is 0 Å². The van der Waals surface area contributed by atoms with E-state index in [-0.39, 0.29) is 5.91 Å². The van der Waals surface area contributed by atoms with Gasteiger partial charge in [-0.2, -0.15) is 0 Å². The lowest BCUT2D eigenvalue weighted by atomic mass is 10.1. The zero-order valence-electron chi connectivity index (χ0n) is 11.3. The van der Waals surface area contributed by atoms with Gasteiger partial charge in [-0.1, -0.05) is 49.4 Å². The molecule has 0 spiro atoms. The van der Waals surface area contributed by atoms with Crippen LogP contribution in [0.1, 0.15) is 50.5 Å². The standard InChI is InChI=1S/C16H22ClNO/c17-14-7-5-6-13(12-14)10-11-16(19)18-15-8-3-1-2-4-9-15/h5-7,12,15H,1-4,8-11H2,(H,18,19). The second-order valence-corrected chi connectivity index (χ2v) is 5.82. The Hall–Kier alpha value is -1.02. The van der Waals surface area contributed by atoms with Gasteiger partial charge in [-0.3, -0.25) is 4.79 Å². The molecule has 0 aliphatic heterocycles. The molecule has 1 aromatic carbocycles. The Bertz CT molecular complexity index is 411. The Kier molecular flexibility index (Phi) is 5.71. The van der Waals surface area contributed by atoms with E-state index in [0.29, 0.717) is 12.5 Å². The number of benzene rings is 1. The fourth-order valence-electron chi connectivity index (χ4n) is 2.67. The maximum Gasteiger partial charge on any atom is 0.220 e. The summed E-state index contributed by atoms with van der Waals surface area (Å²) in [5.41, 5.74) is 1.13. The molecule has 0 heterocycles. The van der Waals surface area contributed by atoms with E-state index in [2.05, 4.69) is 5.32 Å². The van der Waals surface area contributed by atoms with Crippen LogP contribution in [-0.4, -0.2) is 11.9 Å². The van der Waals surface area contributed by atoms with Gasteiger partial charge in [0.15, 0.2) is 0 Å². The third kappa shape index (κ3) is 5.23. The van der Waals surface area contributed by atoms with E-state index in [0.717, 1.165) is 29.8 Å². The number of rotatable bonds is 4. The molecule has 1 aliphatic carbocycles. The van der Waals surface area contributed by atoms with Crippen molar-refractivity contribution in [2.75, 3.05) is 0 Å². The molecule has 0 radical (unpaired) electrons. The molecule has 19 heavy (non-hydrogen) atoms. The van der Waals surface area contributed by atoms with Crippen LogP contribution in [0.4, 0.5) is 0 Å². The highest BCUT2D eigenvalue weighted by molar-refractivity contribution is 6.30. The van der Waals surface area contributed by atoms with E-state index in [4.69, 9.17) is 11.6 Å². The second-order valence-electron chi connectivity index (χ2n) is 5.39. The number of hydrogen-bond acceptors (Lipinski definition) is 1. The average Bonchev–Trinajstić information content (AvgIpc) is 2.65. The SMILES string of the molecule is O=C(CCc1cccc(Cl)c1)NC1CCCCCC1. The first-order valence-electron chi connectivity index (χ1n) is 7.28. The Balaban J connectivity index is 1.74. The molecule has 104 valence electrons. The highest BCUT2D eigenvalue weighted by atomic mass is 35.5. The van der Waals surface area contributed by atoms with Gasteiger partial charge in [-0.05, 0) is 37.0 Å². The highest BCUT2D eigenvalue weighted by Gasteiger charge is 2.14. The summed E-state index contributed by atoms with van der Waals surface area (Å²) in [6.45, 7) is 0. The molecule has 1 aliphatic rings. The van der Waals surface area contributed by atoms with Gasteiger partial charge < -0.3 is 5.32 Å². The average molecular weight is 280 g/mol. The van der Waals surface area contributed by atoms with Gasteiger partial charge in [0.2, 0.25) is 5.91 Å². The van der Waals surface area contributed by atoms with Crippen LogP contribution in [0.3, 0.4) is 0 Å². The first-order chi connectivity index (χ1) is 9.24. The maximum absolute atomic E-state index is 11.9. The molecule has 2 nitrogen and oxygen atoms in total. The van der Waals surface area contributed by atoms with Crippen LogP contribution >= 0.6 is 11.6 Å². The minimum Gasteiger partial charge on any atom is -0.353 e. The van der Waals surface area contributed by atoms with Gasteiger partial charge in [0.1, 0.15) is 0 Å². The van der Waals surface area contributed by atoms with Crippen LogP contribution in [0.25, 0.3) is 0 Å². The molecule has 1 fully saturated rings. The summed E-state index contributed by atoms with van der Waals surface area (Å²) in [7, 11) is 0.